The quantitative estimate of drug-likeness (QED) is 0.181. The van der Waals surface area contributed by atoms with Crippen molar-refractivity contribution in [2.45, 2.75) is 26.8 Å². The van der Waals surface area contributed by atoms with Crippen molar-refractivity contribution in [2.24, 2.45) is 4.99 Å². The molecular weight excluding hydrogens is 604 g/mol. The number of aromatic nitrogens is 3. The summed E-state index contributed by atoms with van der Waals surface area (Å²) in [6, 6.07) is 23.2. The normalized spacial score (nSPS) is 14.4. The molecule has 0 spiro atoms. The van der Waals surface area contributed by atoms with Crippen LogP contribution < -0.4 is 24.4 Å². The van der Waals surface area contributed by atoms with Crippen LogP contribution in [0.5, 0.6) is 11.5 Å². The molecular formula is C35H30N4O6S. The fourth-order valence-electron chi connectivity index (χ4n) is 5.34. The van der Waals surface area contributed by atoms with E-state index in [1.807, 2.05) is 67.7 Å². The summed E-state index contributed by atoms with van der Waals surface area (Å²) in [7, 11) is 1.29. The van der Waals surface area contributed by atoms with Gasteiger partial charge in [0.2, 0.25) is 0 Å². The first-order valence-electron chi connectivity index (χ1n) is 14.5. The van der Waals surface area contributed by atoms with Crippen molar-refractivity contribution in [3.63, 3.8) is 0 Å². The van der Waals surface area contributed by atoms with Crippen molar-refractivity contribution in [1.29, 1.82) is 0 Å². The first-order valence-corrected chi connectivity index (χ1v) is 15.4. The minimum Gasteiger partial charge on any atom is -0.494 e. The lowest BCUT2D eigenvalue weighted by Crippen LogP contribution is -2.39. The number of hydrogen-bond donors (Lipinski definition) is 0. The van der Waals surface area contributed by atoms with Gasteiger partial charge in [-0.15, -0.1) is 0 Å². The molecule has 1 atom stereocenters. The highest BCUT2D eigenvalue weighted by molar-refractivity contribution is 7.07. The SMILES string of the molecule is CCOc1ccc(-c2nn(-c3ccccc3)cc2/C=c2\sc3n(c2=O)[C@@H](c2ccc(OC(C)=O)cc2)C(C(=O)OC)=C(C)N=3)cc1. The third kappa shape index (κ3) is 5.92. The predicted octanol–water partition coefficient (Wildman–Crippen LogP) is 4.58. The lowest BCUT2D eigenvalue weighted by molar-refractivity contribution is -0.136. The number of fused-ring (bicyclic) bond motifs is 1. The highest BCUT2D eigenvalue weighted by atomic mass is 32.1. The average molecular weight is 635 g/mol. The van der Waals surface area contributed by atoms with Gasteiger partial charge in [0.1, 0.15) is 17.2 Å². The number of thiazole rings is 1. The molecule has 0 bridgehead atoms. The molecule has 0 amide bonds. The second kappa shape index (κ2) is 12.8. The van der Waals surface area contributed by atoms with E-state index in [4.69, 9.17) is 19.3 Å². The van der Waals surface area contributed by atoms with Gasteiger partial charge in [0.25, 0.3) is 5.56 Å². The number of carbonyl (C=O) groups excluding carboxylic acids is 2. The van der Waals surface area contributed by atoms with Gasteiger partial charge in [0.05, 0.1) is 41.2 Å². The van der Waals surface area contributed by atoms with Crippen molar-refractivity contribution < 1.29 is 23.8 Å². The van der Waals surface area contributed by atoms with Crippen molar-refractivity contribution in [1.82, 2.24) is 14.3 Å². The van der Waals surface area contributed by atoms with Gasteiger partial charge < -0.3 is 14.2 Å². The smallest absolute Gasteiger partial charge is 0.338 e. The molecule has 0 unspecified atom stereocenters. The van der Waals surface area contributed by atoms with Crippen LogP contribution in [0.4, 0.5) is 0 Å². The highest BCUT2D eigenvalue weighted by Gasteiger charge is 2.33. The minimum atomic E-state index is -0.810. The predicted molar refractivity (Wildman–Crippen MR) is 174 cm³/mol. The molecule has 6 rings (SSSR count). The lowest BCUT2D eigenvalue weighted by atomic mass is 9.96. The molecule has 0 saturated carbocycles. The minimum absolute atomic E-state index is 0.244. The number of allylic oxidation sites excluding steroid dienone is 1. The number of rotatable bonds is 8. The van der Waals surface area contributed by atoms with Crippen molar-refractivity contribution in [3.8, 4) is 28.4 Å². The van der Waals surface area contributed by atoms with Gasteiger partial charge in [-0.25, -0.2) is 14.5 Å². The van der Waals surface area contributed by atoms with Crippen LogP contribution in [0, 0.1) is 0 Å². The Balaban J connectivity index is 1.52. The number of methoxy groups -OCH3 is 1. The lowest BCUT2D eigenvalue weighted by Gasteiger charge is -2.24. The Kier molecular flexibility index (Phi) is 8.49. The molecule has 0 radical (unpaired) electrons. The number of hydrogen-bond acceptors (Lipinski definition) is 9. The molecule has 0 N–H and O–H groups in total. The van der Waals surface area contributed by atoms with E-state index in [9.17, 15) is 14.4 Å². The second-order valence-electron chi connectivity index (χ2n) is 10.4. The number of nitrogens with zero attached hydrogens (tertiary/aromatic N) is 4. The Hall–Kier alpha value is -5.55. The van der Waals surface area contributed by atoms with Gasteiger partial charge in [-0.3, -0.25) is 14.2 Å². The number of para-hydroxylation sites is 1. The molecule has 0 fully saturated rings. The molecule has 2 aromatic heterocycles. The van der Waals surface area contributed by atoms with Gasteiger partial charge in [0.15, 0.2) is 4.80 Å². The Morgan fingerprint density at radius 3 is 2.33 bits per heavy atom. The molecule has 1 aliphatic rings. The van der Waals surface area contributed by atoms with Crippen LogP contribution >= 0.6 is 11.3 Å². The van der Waals surface area contributed by atoms with E-state index in [0.29, 0.717) is 38.6 Å². The second-order valence-corrected chi connectivity index (χ2v) is 11.4. The van der Waals surface area contributed by atoms with Gasteiger partial charge >= 0.3 is 11.9 Å². The summed E-state index contributed by atoms with van der Waals surface area (Å²) in [6.07, 6.45) is 3.69. The molecule has 3 heterocycles. The largest absolute Gasteiger partial charge is 0.494 e. The third-order valence-electron chi connectivity index (χ3n) is 7.37. The van der Waals surface area contributed by atoms with Crippen LogP contribution in [-0.4, -0.2) is 40.0 Å². The Bertz CT molecular complexity index is 2140. The van der Waals surface area contributed by atoms with Crippen LogP contribution in [0.1, 0.15) is 37.9 Å². The van der Waals surface area contributed by atoms with E-state index < -0.39 is 18.0 Å². The van der Waals surface area contributed by atoms with E-state index in [1.54, 1.807) is 41.9 Å². The van der Waals surface area contributed by atoms with E-state index in [1.165, 1.54) is 29.9 Å². The molecule has 10 nitrogen and oxygen atoms in total. The van der Waals surface area contributed by atoms with E-state index >= 15 is 0 Å². The highest BCUT2D eigenvalue weighted by Crippen LogP contribution is 2.32. The van der Waals surface area contributed by atoms with E-state index in [-0.39, 0.29) is 11.1 Å². The first kappa shape index (κ1) is 30.5. The van der Waals surface area contributed by atoms with E-state index in [2.05, 4.69) is 4.99 Å². The fourth-order valence-corrected chi connectivity index (χ4v) is 6.38. The first-order chi connectivity index (χ1) is 22.3. The maximum atomic E-state index is 14.2. The number of carbonyl (C=O) groups is 2. The summed E-state index contributed by atoms with van der Waals surface area (Å²) < 4.78 is 19.6. The summed E-state index contributed by atoms with van der Waals surface area (Å²) in [5, 5.41) is 4.90. The van der Waals surface area contributed by atoms with Crippen LogP contribution in [0.2, 0.25) is 0 Å². The summed E-state index contributed by atoms with van der Waals surface area (Å²) >= 11 is 1.23. The molecule has 46 heavy (non-hydrogen) atoms. The molecule has 232 valence electrons. The van der Waals surface area contributed by atoms with Crippen LogP contribution in [0.3, 0.4) is 0 Å². The van der Waals surface area contributed by atoms with Crippen molar-refractivity contribution in [3.05, 3.63) is 127 Å². The Morgan fingerprint density at radius 2 is 1.67 bits per heavy atom. The molecule has 5 aromatic rings. The number of benzene rings is 3. The Morgan fingerprint density at radius 1 is 0.978 bits per heavy atom. The maximum Gasteiger partial charge on any atom is 0.338 e. The zero-order valence-corrected chi connectivity index (χ0v) is 26.4. The fraction of sp³-hybridized carbons (Fsp3) is 0.171. The molecule has 3 aromatic carbocycles. The Labute approximate surface area is 268 Å². The summed E-state index contributed by atoms with van der Waals surface area (Å²) in [6.45, 7) is 5.53. The van der Waals surface area contributed by atoms with E-state index in [0.717, 1.165) is 22.6 Å². The molecule has 1 aliphatic heterocycles. The van der Waals surface area contributed by atoms with Gasteiger partial charge in [0, 0.05) is 24.2 Å². The van der Waals surface area contributed by atoms with Crippen LogP contribution in [0.25, 0.3) is 23.0 Å². The third-order valence-corrected chi connectivity index (χ3v) is 8.36. The summed E-state index contributed by atoms with van der Waals surface area (Å²) in [5.41, 5.74) is 4.13. The number of ether oxygens (including phenoxy) is 3. The van der Waals surface area contributed by atoms with Gasteiger partial charge in [-0.2, -0.15) is 5.10 Å². The molecule has 0 saturated heterocycles. The number of esters is 2. The van der Waals surface area contributed by atoms with Crippen molar-refractivity contribution >= 4 is 29.4 Å². The van der Waals surface area contributed by atoms with Gasteiger partial charge in [-0.1, -0.05) is 41.7 Å². The average Bonchev–Trinajstić information content (AvgIpc) is 3.61. The topological polar surface area (TPSA) is 114 Å². The zero-order chi connectivity index (χ0) is 32.4. The molecule has 0 aliphatic carbocycles. The van der Waals surface area contributed by atoms with Crippen LogP contribution in [-0.2, 0) is 14.3 Å². The molecule has 11 heteroatoms. The summed E-state index contributed by atoms with van der Waals surface area (Å²) in [5.74, 6) is 0.0564. The monoisotopic (exact) mass is 634 g/mol. The van der Waals surface area contributed by atoms with Gasteiger partial charge in [-0.05, 0) is 74.0 Å². The standard InChI is InChI=1S/C35H30N4O6S/c1-5-44-27-15-11-23(12-16-27)31-25(20-38(37-31)26-9-7-6-8-10-26)19-29-33(41)39-32(24-13-17-28(18-14-24)45-22(3)40)30(34(42)43-4)21(2)36-35(39)46-29/h6-20,32H,5H2,1-4H3/b29-19-/t32-/m0/s1. The summed E-state index contributed by atoms with van der Waals surface area (Å²) in [4.78, 5) is 43.8. The van der Waals surface area contributed by atoms with Crippen molar-refractivity contribution in [2.75, 3.05) is 13.7 Å². The zero-order valence-electron chi connectivity index (χ0n) is 25.6. The van der Waals surface area contributed by atoms with Crippen LogP contribution in [0.15, 0.2) is 106 Å². The maximum absolute atomic E-state index is 14.2.